The van der Waals surface area contributed by atoms with Crippen molar-refractivity contribution in [3.63, 3.8) is 0 Å². The molecule has 0 unspecified atom stereocenters. The van der Waals surface area contributed by atoms with E-state index >= 15 is 0 Å². The van der Waals surface area contributed by atoms with Crippen LogP contribution in [0.25, 0.3) is 10.2 Å². The van der Waals surface area contributed by atoms with Gasteiger partial charge in [0.15, 0.2) is 5.13 Å². The van der Waals surface area contributed by atoms with Crippen LogP contribution in [0.15, 0.2) is 36.4 Å². The summed E-state index contributed by atoms with van der Waals surface area (Å²) in [7, 11) is 3.98. The van der Waals surface area contributed by atoms with Crippen molar-refractivity contribution in [3.8, 4) is 0 Å². The van der Waals surface area contributed by atoms with E-state index in [0.717, 1.165) is 64.3 Å². The van der Waals surface area contributed by atoms with Crippen molar-refractivity contribution in [1.82, 2.24) is 15.2 Å². The van der Waals surface area contributed by atoms with Crippen molar-refractivity contribution in [2.45, 2.75) is 6.92 Å². The molecule has 1 saturated heterocycles. The van der Waals surface area contributed by atoms with Crippen LogP contribution in [0, 0.1) is 6.92 Å². The maximum atomic E-state index is 12.4. The number of piperazine rings is 1. The van der Waals surface area contributed by atoms with Gasteiger partial charge in [0.05, 0.1) is 15.2 Å². The Bertz CT molecular complexity index is 1020. The van der Waals surface area contributed by atoms with Gasteiger partial charge in [-0.25, -0.2) is 4.98 Å². The Hall–Kier alpha value is -2.35. The Kier molecular flexibility index (Phi) is 6.65. The molecule has 164 valence electrons. The molecule has 0 aliphatic carbocycles. The monoisotopic (exact) mass is 457 g/mol. The molecule has 2 heterocycles. The number of aromatic nitrogens is 1. The molecule has 3 aromatic rings. The van der Waals surface area contributed by atoms with E-state index in [-0.39, 0.29) is 5.91 Å². The molecule has 1 aromatic heterocycles. The summed E-state index contributed by atoms with van der Waals surface area (Å²) >= 11 is 8.03. The minimum absolute atomic E-state index is 0.0225. The first-order chi connectivity index (χ1) is 14.9. The van der Waals surface area contributed by atoms with Gasteiger partial charge in [-0.3, -0.25) is 9.69 Å². The quantitative estimate of drug-likeness (QED) is 0.608. The van der Waals surface area contributed by atoms with E-state index in [1.807, 2.05) is 55.4 Å². The third-order valence-corrected chi connectivity index (χ3v) is 7.26. The van der Waals surface area contributed by atoms with Gasteiger partial charge in [-0.05, 0) is 42.8 Å². The lowest BCUT2D eigenvalue weighted by Gasteiger charge is -2.34. The highest BCUT2D eigenvalue weighted by atomic mass is 35.5. The number of hydrogen-bond donors (Lipinski definition) is 1. The lowest BCUT2D eigenvalue weighted by molar-refractivity contribution is 0.0948. The third kappa shape index (κ3) is 4.95. The van der Waals surface area contributed by atoms with Crippen molar-refractivity contribution in [3.05, 3.63) is 52.5 Å². The summed E-state index contributed by atoms with van der Waals surface area (Å²) in [4.78, 5) is 24.0. The lowest BCUT2D eigenvalue weighted by Crippen LogP contribution is -2.48. The lowest BCUT2D eigenvalue weighted by atomic mass is 10.2. The molecule has 1 aliphatic heterocycles. The predicted octanol–water partition coefficient (Wildman–Crippen LogP) is 3.88. The zero-order valence-electron chi connectivity index (χ0n) is 18.2. The second-order valence-corrected chi connectivity index (χ2v) is 9.45. The third-order valence-electron chi connectivity index (χ3n) is 5.69. The number of fused-ring (bicyclic) bond motifs is 1. The topological polar surface area (TPSA) is 51.7 Å². The van der Waals surface area contributed by atoms with Crippen molar-refractivity contribution in [2.24, 2.45) is 0 Å². The van der Waals surface area contributed by atoms with E-state index < -0.39 is 0 Å². The summed E-state index contributed by atoms with van der Waals surface area (Å²) in [6.07, 6.45) is 0. The highest BCUT2D eigenvalue weighted by Gasteiger charge is 2.21. The average Bonchev–Trinajstić information content (AvgIpc) is 3.24. The Balaban J connectivity index is 1.25. The highest BCUT2D eigenvalue weighted by molar-refractivity contribution is 7.22. The van der Waals surface area contributed by atoms with Crippen LogP contribution >= 0.6 is 22.9 Å². The number of halogens is 1. The van der Waals surface area contributed by atoms with Gasteiger partial charge in [0.1, 0.15) is 0 Å². The number of aryl methyl sites for hydroxylation is 1. The molecule has 0 saturated carbocycles. The van der Waals surface area contributed by atoms with E-state index in [1.165, 1.54) is 0 Å². The second-order valence-electron chi connectivity index (χ2n) is 8.06. The average molecular weight is 458 g/mol. The number of thiazole rings is 1. The van der Waals surface area contributed by atoms with Gasteiger partial charge in [0.2, 0.25) is 0 Å². The Morgan fingerprint density at radius 1 is 1.13 bits per heavy atom. The van der Waals surface area contributed by atoms with Crippen LogP contribution < -0.4 is 15.1 Å². The van der Waals surface area contributed by atoms with Gasteiger partial charge < -0.3 is 15.1 Å². The number of amides is 1. The molecule has 1 amide bonds. The van der Waals surface area contributed by atoms with Gasteiger partial charge in [-0.1, -0.05) is 29.0 Å². The number of rotatable bonds is 6. The van der Waals surface area contributed by atoms with Crippen LogP contribution in [0.1, 0.15) is 15.9 Å². The number of anilines is 2. The van der Waals surface area contributed by atoms with Crippen LogP contribution in [0.5, 0.6) is 0 Å². The van der Waals surface area contributed by atoms with E-state index in [1.54, 1.807) is 11.3 Å². The molecule has 2 aromatic carbocycles. The van der Waals surface area contributed by atoms with E-state index in [2.05, 4.69) is 22.0 Å². The fourth-order valence-corrected chi connectivity index (χ4v) is 5.10. The summed E-state index contributed by atoms with van der Waals surface area (Å²) < 4.78 is 1.07. The fourth-order valence-electron chi connectivity index (χ4n) is 3.73. The standard InChI is InChI=1S/C23H28ClN5OS/c1-16-4-9-19(24)21-20(16)26-23(31-21)29-14-12-28(13-15-29)11-10-25-22(30)17-5-7-18(8-6-17)27(2)3/h4-9H,10-15H2,1-3H3,(H,25,30). The number of benzene rings is 2. The maximum absolute atomic E-state index is 12.4. The maximum Gasteiger partial charge on any atom is 0.251 e. The molecule has 0 atom stereocenters. The molecule has 0 radical (unpaired) electrons. The second kappa shape index (κ2) is 9.42. The minimum Gasteiger partial charge on any atom is -0.378 e. The Morgan fingerprint density at radius 2 is 1.84 bits per heavy atom. The first-order valence-corrected chi connectivity index (χ1v) is 11.7. The highest BCUT2D eigenvalue weighted by Crippen LogP contribution is 2.35. The number of nitrogens with zero attached hydrogens (tertiary/aromatic N) is 4. The van der Waals surface area contributed by atoms with Crippen LogP contribution in [-0.2, 0) is 0 Å². The first-order valence-electron chi connectivity index (χ1n) is 10.5. The molecule has 0 bridgehead atoms. The molecule has 6 nitrogen and oxygen atoms in total. The van der Waals surface area contributed by atoms with Crippen molar-refractivity contribution in [2.75, 3.05) is 63.2 Å². The van der Waals surface area contributed by atoms with Gasteiger partial charge in [-0.2, -0.15) is 0 Å². The van der Waals surface area contributed by atoms with Crippen molar-refractivity contribution in [1.29, 1.82) is 0 Å². The number of carbonyl (C=O) groups is 1. The fraction of sp³-hybridized carbons (Fsp3) is 0.391. The molecule has 31 heavy (non-hydrogen) atoms. The Morgan fingerprint density at radius 3 is 2.48 bits per heavy atom. The summed E-state index contributed by atoms with van der Waals surface area (Å²) in [5, 5.41) is 4.85. The largest absolute Gasteiger partial charge is 0.378 e. The molecule has 1 aliphatic rings. The van der Waals surface area contributed by atoms with Gasteiger partial charge in [-0.15, -0.1) is 0 Å². The summed E-state index contributed by atoms with van der Waals surface area (Å²) in [5.74, 6) is -0.0225. The summed E-state index contributed by atoms with van der Waals surface area (Å²) in [6.45, 7) is 7.33. The van der Waals surface area contributed by atoms with E-state index in [4.69, 9.17) is 16.6 Å². The minimum atomic E-state index is -0.0225. The van der Waals surface area contributed by atoms with Gasteiger partial charge in [0.25, 0.3) is 5.91 Å². The summed E-state index contributed by atoms with van der Waals surface area (Å²) in [5.41, 5.74) is 3.95. The van der Waals surface area contributed by atoms with Crippen molar-refractivity contribution < 1.29 is 4.79 Å². The molecule has 8 heteroatoms. The summed E-state index contributed by atoms with van der Waals surface area (Å²) in [6, 6.07) is 11.6. The number of carbonyl (C=O) groups excluding carboxylic acids is 1. The van der Waals surface area contributed by atoms with Gasteiger partial charge in [0, 0.05) is 64.6 Å². The normalized spacial score (nSPS) is 14.8. The van der Waals surface area contributed by atoms with Crippen LogP contribution in [-0.4, -0.2) is 69.2 Å². The Labute approximate surface area is 192 Å². The first kappa shape index (κ1) is 21.9. The molecule has 0 spiro atoms. The van der Waals surface area contributed by atoms with E-state index in [0.29, 0.717) is 12.1 Å². The van der Waals surface area contributed by atoms with Gasteiger partial charge >= 0.3 is 0 Å². The smallest absolute Gasteiger partial charge is 0.251 e. The molecule has 4 rings (SSSR count). The zero-order valence-corrected chi connectivity index (χ0v) is 19.8. The van der Waals surface area contributed by atoms with Crippen LogP contribution in [0.3, 0.4) is 0 Å². The predicted molar refractivity (Wildman–Crippen MR) is 131 cm³/mol. The molecular formula is C23H28ClN5OS. The van der Waals surface area contributed by atoms with Crippen LogP contribution in [0.2, 0.25) is 5.02 Å². The number of hydrogen-bond acceptors (Lipinski definition) is 6. The molecule has 1 fully saturated rings. The molecule has 1 N–H and O–H groups in total. The molecular weight excluding hydrogens is 430 g/mol. The zero-order chi connectivity index (χ0) is 22.0. The number of nitrogens with one attached hydrogen (secondary N) is 1. The van der Waals surface area contributed by atoms with Crippen LogP contribution in [0.4, 0.5) is 10.8 Å². The van der Waals surface area contributed by atoms with E-state index in [9.17, 15) is 4.79 Å². The SMILES string of the molecule is Cc1ccc(Cl)c2sc(N3CCN(CCNC(=O)c4ccc(N(C)C)cc4)CC3)nc12. The van der Waals surface area contributed by atoms with Crippen molar-refractivity contribution >= 4 is 49.9 Å².